The molecule has 0 aliphatic carbocycles. The lowest BCUT2D eigenvalue weighted by Crippen LogP contribution is -2.37. The maximum atomic E-state index is 11.9. The number of methoxy groups -OCH3 is 1. The third-order valence-corrected chi connectivity index (χ3v) is 3.68. The summed E-state index contributed by atoms with van der Waals surface area (Å²) < 4.78 is 9.69. The first-order valence-corrected chi connectivity index (χ1v) is 7.26. The van der Waals surface area contributed by atoms with E-state index in [0.29, 0.717) is 11.4 Å². The Bertz CT molecular complexity index is 478. The Morgan fingerprint density at radius 1 is 1.38 bits per heavy atom. The predicted molar refractivity (Wildman–Crippen MR) is 84.1 cm³/mol. The first kappa shape index (κ1) is 17.6. The molecule has 1 atom stereocenters. The van der Waals surface area contributed by atoms with Gasteiger partial charge in [-0.2, -0.15) is 0 Å². The lowest BCUT2D eigenvalue weighted by atomic mass is 10.2. The Kier molecular flexibility index (Phi) is 7.35. The number of hydrogen-bond acceptors (Lipinski definition) is 6. The van der Waals surface area contributed by atoms with Crippen molar-refractivity contribution in [2.75, 3.05) is 30.7 Å². The van der Waals surface area contributed by atoms with Crippen LogP contribution in [0.3, 0.4) is 0 Å². The fraction of sp³-hybridized carbons (Fsp3) is 0.385. The van der Waals surface area contributed by atoms with Crippen LogP contribution in [-0.2, 0) is 14.3 Å². The van der Waals surface area contributed by atoms with Gasteiger partial charge in [-0.25, -0.2) is 4.79 Å². The topological polar surface area (TPSA) is 76.7 Å². The second-order valence-corrected chi connectivity index (χ2v) is 5.18. The summed E-state index contributed by atoms with van der Waals surface area (Å²) in [4.78, 5) is 22.8. The van der Waals surface area contributed by atoms with Gasteiger partial charge in [-0.15, -0.1) is 24.2 Å². The van der Waals surface area contributed by atoms with E-state index < -0.39 is 5.97 Å². The number of esters is 1. The predicted octanol–water partition coefficient (Wildman–Crippen LogP) is 1.26. The summed E-state index contributed by atoms with van der Waals surface area (Å²) in [7, 11) is 1.31. The molecule has 0 radical (unpaired) electrons. The van der Waals surface area contributed by atoms with E-state index in [-0.39, 0.29) is 31.0 Å². The van der Waals surface area contributed by atoms with Crippen molar-refractivity contribution in [2.24, 2.45) is 0 Å². The molecule has 116 valence electrons. The molecule has 21 heavy (non-hydrogen) atoms. The summed E-state index contributed by atoms with van der Waals surface area (Å²) in [6, 6.07) is 6.69. The molecular formula is C13H17ClN2O4S. The van der Waals surface area contributed by atoms with Crippen molar-refractivity contribution >= 4 is 41.7 Å². The second kappa shape index (κ2) is 8.76. The number of carbonyl (C=O) groups excluding carboxylic acids is 2. The van der Waals surface area contributed by atoms with Crippen LogP contribution in [0.2, 0.25) is 0 Å². The molecule has 6 nitrogen and oxygen atoms in total. The van der Waals surface area contributed by atoms with Crippen molar-refractivity contribution in [3.8, 4) is 5.75 Å². The van der Waals surface area contributed by atoms with Gasteiger partial charge in [0, 0.05) is 17.3 Å². The number of ether oxygens (including phenoxy) is 2. The fourth-order valence-corrected chi connectivity index (χ4v) is 2.57. The van der Waals surface area contributed by atoms with Gasteiger partial charge in [0.1, 0.15) is 5.75 Å². The third kappa shape index (κ3) is 5.45. The molecule has 1 unspecified atom stereocenters. The molecule has 0 saturated carbocycles. The minimum absolute atomic E-state index is 0. The van der Waals surface area contributed by atoms with Crippen LogP contribution < -0.4 is 15.4 Å². The van der Waals surface area contributed by atoms with E-state index >= 15 is 0 Å². The minimum atomic E-state index is -0.438. The number of anilines is 1. The maximum Gasteiger partial charge on any atom is 0.343 e. The Morgan fingerprint density at radius 3 is 2.67 bits per heavy atom. The smallest absolute Gasteiger partial charge is 0.343 e. The minimum Gasteiger partial charge on any atom is -0.482 e. The second-order valence-electron chi connectivity index (χ2n) is 4.15. The average molecular weight is 333 g/mol. The van der Waals surface area contributed by atoms with Gasteiger partial charge in [0.15, 0.2) is 6.61 Å². The molecule has 2 rings (SSSR count). The highest BCUT2D eigenvalue weighted by atomic mass is 35.5. The third-order valence-electron chi connectivity index (χ3n) is 2.74. The van der Waals surface area contributed by atoms with Crippen LogP contribution >= 0.6 is 24.2 Å². The van der Waals surface area contributed by atoms with Crippen molar-refractivity contribution in [3.05, 3.63) is 24.3 Å². The Balaban J connectivity index is 0.00000220. The quantitative estimate of drug-likeness (QED) is 0.791. The van der Waals surface area contributed by atoms with Gasteiger partial charge in [0.2, 0.25) is 5.91 Å². The van der Waals surface area contributed by atoms with Crippen LogP contribution in [0.1, 0.15) is 0 Å². The lowest BCUT2D eigenvalue weighted by Gasteiger charge is -2.11. The largest absolute Gasteiger partial charge is 0.482 e. The molecule has 1 heterocycles. The van der Waals surface area contributed by atoms with Gasteiger partial charge in [-0.1, -0.05) is 0 Å². The molecule has 1 saturated heterocycles. The van der Waals surface area contributed by atoms with E-state index in [1.165, 1.54) is 7.11 Å². The van der Waals surface area contributed by atoms with Crippen molar-refractivity contribution in [3.63, 3.8) is 0 Å². The summed E-state index contributed by atoms with van der Waals surface area (Å²) in [6.07, 6.45) is 0. The van der Waals surface area contributed by atoms with Crippen molar-refractivity contribution in [1.29, 1.82) is 0 Å². The van der Waals surface area contributed by atoms with Gasteiger partial charge in [0.05, 0.1) is 13.2 Å². The molecule has 1 aliphatic rings. The van der Waals surface area contributed by atoms with E-state index in [4.69, 9.17) is 4.74 Å². The molecule has 2 N–H and O–H groups in total. The van der Waals surface area contributed by atoms with Crippen LogP contribution in [0.5, 0.6) is 5.75 Å². The van der Waals surface area contributed by atoms with Crippen molar-refractivity contribution in [1.82, 2.24) is 5.32 Å². The fourth-order valence-electron chi connectivity index (χ4n) is 1.63. The van der Waals surface area contributed by atoms with Crippen LogP contribution in [0.25, 0.3) is 0 Å². The molecule has 0 spiro atoms. The molecular weight excluding hydrogens is 316 g/mol. The Morgan fingerprint density at radius 2 is 2.10 bits per heavy atom. The molecule has 1 amide bonds. The highest BCUT2D eigenvalue weighted by Crippen LogP contribution is 2.17. The number of carbonyl (C=O) groups is 2. The van der Waals surface area contributed by atoms with Crippen LogP contribution in [0.15, 0.2) is 24.3 Å². The number of amides is 1. The average Bonchev–Trinajstić information content (AvgIpc) is 3.00. The van der Waals surface area contributed by atoms with E-state index in [2.05, 4.69) is 15.4 Å². The van der Waals surface area contributed by atoms with Crippen molar-refractivity contribution in [2.45, 2.75) is 6.04 Å². The van der Waals surface area contributed by atoms with Gasteiger partial charge in [-0.3, -0.25) is 10.1 Å². The SMILES string of the molecule is COC(=O)COc1ccc(NC(=O)C2CSCN2)cc1.Cl. The first-order chi connectivity index (χ1) is 9.69. The zero-order chi connectivity index (χ0) is 14.4. The van der Waals surface area contributed by atoms with Crippen LogP contribution in [0.4, 0.5) is 5.69 Å². The zero-order valence-electron chi connectivity index (χ0n) is 11.5. The standard InChI is InChI=1S/C13H16N2O4S.ClH/c1-18-12(16)6-19-10-4-2-9(3-5-10)15-13(17)11-7-20-8-14-11;/h2-5,11,14H,6-8H2,1H3,(H,15,17);1H. The number of hydrogen-bond donors (Lipinski definition) is 2. The molecule has 0 bridgehead atoms. The summed E-state index contributed by atoms with van der Waals surface area (Å²) >= 11 is 1.70. The van der Waals surface area contributed by atoms with Crippen LogP contribution in [0, 0.1) is 0 Å². The highest BCUT2D eigenvalue weighted by Gasteiger charge is 2.22. The Hall–Kier alpha value is -1.44. The monoisotopic (exact) mass is 332 g/mol. The summed E-state index contributed by atoms with van der Waals surface area (Å²) in [6.45, 7) is -0.134. The first-order valence-electron chi connectivity index (χ1n) is 6.10. The van der Waals surface area contributed by atoms with Gasteiger partial charge >= 0.3 is 5.97 Å². The highest BCUT2D eigenvalue weighted by molar-refractivity contribution is 7.99. The van der Waals surface area contributed by atoms with Crippen LogP contribution in [-0.4, -0.2) is 43.3 Å². The summed E-state index contributed by atoms with van der Waals surface area (Å²) in [5.41, 5.74) is 0.694. The van der Waals surface area contributed by atoms with Gasteiger partial charge < -0.3 is 14.8 Å². The van der Waals surface area contributed by atoms with E-state index in [0.717, 1.165) is 11.6 Å². The molecule has 1 aliphatic heterocycles. The molecule has 8 heteroatoms. The molecule has 1 aromatic carbocycles. The number of benzene rings is 1. The van der Waals surface area contributed by atoms with Gasteiger partial charge in [0.25, 0.3) is 0 Å². The maximum absolute atomic E-state index is 11.9. The normalized spacial score (nSPS) is 16.7. The van der Waals surface area contributed by atoms with E-state index in [1.807, 2.05) is 0 Å². The van der Waals surface area contributed by atoms with Gasteiger partial charge in [-0.05, 0) is 24.3 Å². The molecule has 1 aromatic rings. The summed E-state index contributed by atoms with van der Waals surface area (Å²) in [5, 5.41) is 5.93. The Labute approximate surface area is 133 Å². The van der Waals surface area contributed by atoms with E-state index in [1.54, 1.807) is 36.0 Å². The van der Waals surface area contributed by atoms with E-state index in [9.17, 15) is 9.59 Å². The zero-order valence-corrected chi connectivity index (χ0v) is 13.1. The number of rotatable bonds is 5. The number of thioether (sulfide) groups is 1. The van der Waals surface area contributed by atoms with Crippen molar-refractivity contribution < 1.29 is 19.1 Å². The number of nitrogens with one attached hydrogen (secondary N) is 2. The number of halogens is 1. The molecule has 0 aromatic heterocycles. The summed E-state index contributed by atoms with van der Waals surface area (Å²) in [5.74, 6) is 1.65. The molecule has 1 fully saturated rings. The lowest BCUT2D eigenvalue weighted by molar-refractivity contribution is -0.142.